The lowest BCUT2D eigenvalue weighted by atomic mass is 10.1. The monoisotopic (exact) mass is 326 g/mol. The molecule has 0 bridgehead atoms. The molecule has 0 aliphatic rings. The molecule has 0 saturated carbocycles. The molecular weight excluding hydrogens is 314 g/mol. The summed E-state index contributed by atoms with van der Waals surface area (Å²) in [4.78, 5) is 11.5. The van der Waals surface area contributed by atoms with Crippen LogP contribution in [0.1, 0.15) is 28.9 Å². The Morgan fingerprint density at radius 3 is 2.59 bits per heavy atom. The van der Waals surface area contributed by atoms with E-state index in [2.05, 4.69) is 0 Å². The summed E-state index contributed by atoms with van der Waals surface area (Å²) in [6.45, 7) is 1.15. The second kappa shape index (κ2) is 6.85. The third-order valence-corrected chi connectivity index (χ3v) is 3.28. The molecule has 0 spiro atoms. The van der Waals surface area contributed by atoms with Crippen molar-refractivity contribution in [2.45, 2.75) is 13.0 Å². The molecule has 0 aromatic heterocycles. The summed E-state index contributed by atoms with van der Waals surface area (Å²) in [6, 6.07) is 7.61. The van der Waals surface area contributed by atoms with E-state index >= 15 is 0 Å². The van der Waals surface area contributed by atoms with Crippen LogP contribution >= 0.6 is 11.6 Å². The minimum Gasteiger partial charge on any atom is -0.490 e. The number of ether oxygens (including phenoxy) is 1. The number of aliphatic hydroxyl groups excluding tert-OH is 1. The van der Waals surface area contributed by atoms with E-state index in [9.17, 15) is 18.7 Å². The van der Waals surface area contributed by atoms with Gasteiger partial charge in [0.2, 0.25) is 0 Å². The van der Waals surface area contributed by atoms with E-state index in [1.807, 2.05) is 0 Å². The van der Waals surface area contributed by atoms with Gasteiger partial charge in [-0.15, -0.1) is 0 Å². The Balaban J connectivity index is 2.12. The highest BCUT2D eigenvalue weighted by molar-refractivity contribution is 6.31. The molecule has 2 rings (SSSR count). The Bertz CT molecular complexity index is 704. The van der Waals surface area contributed by atoms with E-state index in [1.165, 1.54) is 25.1 Å². The Morgan fingerprint density at radius 1 is 1.23 bits per heavy atom. The zero-order chi connectivity index (χ0) is 16.3. The van der Waals surface area contributed by atoms with E-state index in [0.29, 0.717) is 5.02 Å². The molecule has 2 aromatic carbocycles. The van der Waals surface area contributed by atoms with E-state index < -0.39 is 17.7 Å². The van der Waals surface area contributed by atoms with Gasteiger partial charge in [-0.25, -0.2) is 8.78 Å². The van der Waals surface area contributed by atoms with Crippen molar-refractivity contribution in [2.24, 2.45) is 0 Å². The average Bonchev–Trinajstić information content (AvgIpc) is 2.48. The maximum atomic E-state index is 13.1. The lowest BCUT2D eigenvalue weighted by Gasteiger charge is -2.15. The quantitative estimate of drug-likeness (QED) is 0.847. The number of halogens is 3. The smallest absolute Gasteiger partial charge is 0.163 e. The number of hydrogen-bond acceptors (Lipinski definition) is 3. The molecule has 1 atom stereocenters. The minimum atomic E-state index is -1.16. The van der Waals surface area contributed by atoms with Crippen molar-refractivity contribution in [3.05, 3.63) is 64.2 Å². The maximum absolute atomic E-state index is 13.1. The van der Waals surface area contributed by atoms with Crippen LogP contribution in [0.15, 0.2) is 36.4 Å². The van der Waals surface area contributed by atoms with Crippen LogP contribution < -0.4 is 4.74 Å². The Labute approximate surface area is 131 Å². The van der Waals surface area contributed by atoms with Crippen LogP contribution in [-0.4, -0.2) is 17.5 Å². The fraction of sp³-hybridized carbons (Fsp3) is 0.188. The summed E-state index contributed by atoms with van der Waals surface area (Å²) < 4.78 is 31.4. The SMILES string of the molecule is CC(=O)c1cc(Cl)ccc1OCC(O)c1ccc(F)c(F)c1. The normalized spacial score (nSPS) is 12.0. The predicted molar refractivity (Wildman–Crippen MR) is 78.3 cm³/mol. The van der Waals surface area contributed by atoms with Crippen LogP contribution in [-0.2, 0) is 0 Å². The van der Waals surface area contributed by atoms with E-state index in [1.54, 1.807) is 6.07 Å². The second-order valence-corrected chi connectivity index (χ2v) is 5.13. The first-order valence-electron chi connectivity index (χ1n) is 6.45. The highest BCUT2D eigenvalue weighted by Gasteiger charge is 2.14. The van der Waals surface area contributed by atoms with Gasteiger partial charge in [-0.05, 0) is 42.8 Å². The molecule has 0 aliphatic heterocycles. The predicted octanol–water partition coefficient (Wildman–Crippen LogP) is 3.93. The lowest BCUT2D eigenvalue weighted by Crippen LogP contribution is -2.12. The molecule has 6 heteroatoms. The standard InChI is InChI=1S/C16H13ClF2O3/c1-9(20)12-7-11(17)3-5-16(12)22-8-15(21)10-2-4-13(18)14(19)6-10/h2-7,15,21H,8H2,1H3. The molecule has 3 nitrogen and oxygen atoms in total. The fourth-order valence-corrected chi connectivity index (χ4v) is 2.06. The van der Waals surface area contributed by atoms with Crippen molar-refractivity contribution in [1.29, 1.82) is 0 Å². The van der Waals surface area contributed by atoms with Gasteiger partial charge in [-0.1, -0.05) is 17.7 Å². The van der Waals surface area contributed by atoms with Crippen molar-refractivity contribution in [1.82, 2.24) is 0 Å². The first-order chi connectivity index (χ1) is 10.4. The molecule has 116 valence electrons. The first-order valence-corrected chi connectivity index (χ1v) is 6.82. The topological polar surface area (TPSA) is 46.5 Å². The molecule has 0 saturated heterocycles. The zero-order valence-electron chi connectivity index (χ0n) is 11.6. The van der Waals surface area contributed by atoms with Gasteiger partial charge in [0.25, 0.3) is 0 Å². The van der Waals surface area contributed by atoms with Gasteiger partial charge in [0.1, 0.15) is 18.5 Å². The third kappa shape index (κ3) is 3.81. The van der Waals surface area contributed by atoms with Gasteiger partial charge in [-0.3, -0.25) is 4.79 Å². The maximum Gasteiger partial charge on any atom is 0.163 e. The van der Waals surface area contributed by atoms with Crippen LogP contribution in [0.2, 0.25) is 5.02 Å². The van der Waals surface area contributed by atoms with Crippen molar-refractivity contribution >= 4 is 17.4 Å². The summed E-state index contributed by atoms with van der Waals surface area (Å²) >= 11 is 5.82. The average molecular weight is 327 g/mol. The molecular formula is C16H13ClF2O3. The summed E-state index contributed by atoms with van der Waals surface area (Å²) in [6.07, 6.45) is -1.16. The van der Waals surface area contributed by atoms with Gasteiger partial charge in [0.05, 0.1) is 5.56 Å². The largest absolute Gasteiger partial charge is 0.490 e. The van der Waals surface area contributed by atoms with Crippen molar-refractivity contribution in [2.75, 3.05) is 6.61 Å². The van der Waals surface area contributed by atoms with E-state index in [-0.39, 0.29) is 29.3 Å². The second-order valence-electron chi connectivity index (χ2n) is 4.70. The number of aliphatic hydroxyl groups is 1. The van der Waals surface area contributed by atoms with Crippen LogP contribution in [0.5, 0.6) is 5.75 Å². The molecule has 0 heterocycles. The van der Waals surface area contributed by atoms with Gasteiger partial charge >= 0.3 is 0 Å². The summed E-state index contributed by atoms with van der Waals surface area (Å²) in [5.41, 5.74) is 0.460. The Kier molecular flexibility index (Phi) is 5.11. The molecule has 1 unspecified atom stereocenters. The van der Waals surface area contributed by atoms with Gasteiger partial charge in [-0.2, -0.15) is 0 Å². The number of rotatable bonds is 5. The van der Waals surface area contributed by atoms with Crippen LogP contribution in [0.4, 0.5) is 8.78 Å². The van der Waals surface area contributed by atoms with Crippen molar-refractivity contribution < 1.29 is 23.4 Å². The molecule has 0 radical (unpaired) electrons. The number of carbonyl (C=O) groups excluding carboxylic acids is 1. The molecule has 0 amide bonds. The summed E-state index contributed by atoms with van der Waals surface area (Å²) in [5, 5.41) is 10.3. The number of carbonyl (C=O) groups is 1. The van der Waals surface area contributed by atoms with E-state index in [4.69, 9.17) is 16.3 Å². The molecule has 1 N–H and O–H groups in total. The van der Waals surface area contributed by atoms with Crippen LogP contribution in [0.3, 0.4) is 0 Å². The highest BCUT2D eigenvalue weighted by Crippen LogP contribution is 2.25. The number of ketones is 1. The zero-order valence-corrected chi connectivity index (χ0v) is 12.4. The number of benzene rings is 2. The number of hydrogen-bond donors (Lipinski definition) is 1. The van der Waals surface area contributed by atoms with E-state index in [0.717, 1.165) is 12.1 Å². The Morgan fingerprint density at radius 2 is 1.95 bits per heavy atom. The molecule has 0 aliphatic carbocycles. The van der Waals surface area contributed by atoms with Crippen LogP contribution in [0.25, 0.3) is 0 Å². The minimum absolute atomic E-state index is 0.178. The molecule has 2 aromatic rings. The Hall–Kier alpha value is -1.98. The van der Waals surface area contributed by atoms with Gasteiger partial charge in [0, 0.05) is 5.02 Å². The van der Waals surface area contributed by atoms with Gasteiger partial charge in [0.15, 0.2) is 17.4 Å². The number of Topliss-reactive ketones (excluding diaryl/α,β-unsaturated/α-hetero) is 1. The highest BCUT2D eigenvalue weighted by atomic mass is 35.5. The van der Waals surface area contributed by atoms with Gasteiger partial charge < -0.3 is 9.84 Å². The lowest BCUT2D eigenvalue weighted by molar-refractivity contribution is 0.0976. The first kappa shape index (κ1) is 16.4. The summed E-state index contributed by atoms with van der Waals surface area (Å²) in [5.74, 6) is -2.01. The van der Waals surface area contributed by atoms with Crippen molar-refractivity contribution in [3.63, 3.8) is 0 Å². The molecule has 0 fully saturated rings. The summed E-state index contributed by atoms with van der Waals surface area (Å²) in [7, 11) is 0. The fourth-order valence-electron chi connectivity index (χ4n) is 1.89. The van der Waals surface area contributed by atoms with Crippen molar-refractivity contribution in [3.8, 4) is 5.75 Å². The third-order valence-electron chi connectivity index (χ3n) is 3.05. The molecule has 22 heavy (non-hydrogen) atoms. The van der Waals surface area contributed by atoms with Crippen LogP contribution in [0, 0.1) is 11.6 Å².